The molecule has 0 aromatic heterocycles. The lowest BCUT2D eigenvalue weighted by molar-refractivity contribution is -0.118. The van der Waals surface area contributed by atoms with Gasteiger partial charge in [0, 0.05) is 18.2 Å². The van der Waals surface area contributed by atoms with Gasteiger partial charge in [-0.2, -0.15) is 5.26 Å². The fourth-order valence-electron chi connectivity index (χ4n) is 2.22. The monoisotopic (exact) mass is 342 g/mol. The third kappa shape index (κ3) is 6.24. The first-order valence-corrected chi connectivity index (χ1v) is 7.91. The quantitative estimate of drug-likeness (QED) is 0.719. The van der Waals surface area contributed by atoms with E-state index >= 15 is 0 Å². The van der Waals surface area contributed by atoms with Crippen molar-refractivity contribution < 1.29 is 19.0 Å². The zero-order valence-electron chi connectivity index (χ0n) is 13.6. The van der Waals surface area contributed by atoms with Crippen molar-refractivity contribution in [3.05, 3.63) is 59.9 Å². The third-order valence-electron chi connectivity index (χ3n) is 3.43. The summed E-state index contributed by atoms with van der Waals surface area (Å²) in [5, 5.41) is 21.2. The lowest BCUT2D eigenvalue weighted by atomic mass is 10.1. The smallest absolute Gasteiger partial charge is 0.227 e. The maximum atomic E-state index is 13.2. The summed E-state index contributed by atoms with van der Waals surface area (Å²) in [6, 6.07) is 14.4. The Morgan fingerprint density at radius 2 is 2.08 bits per heavy atom. The van der Waals surface area contributed by atoms with E-state index < -0.39 is 17.8 Å². The molecule has 6 heteroatoms. The van der Waals surface area contributed by atoms with Crippen molar-refractivity contribution in [3.8, 4) is 11.8 Å². The molecule has 130 valence electrons. The summed E-state index contributed by atoms with van der Waals surface area (Å²) in [5.41, 5.74) is 0.888. The van der Waals surface area contributed by atoms with E-state index in [0.717, 1.165) is 0 Å². The fourth-order valence-corrected chi connectivity index (χ4v) is 2.22. The number of hydrogen-bond donors (Lipinski definition) is 2. The van der Waals surface area contributed by atoms with Gasteiger partial charge in [-0.1, -0.05) is 18.2 Å². The molecule has 0 radical (unpaired) electrons. The highest BCUT2D eigenvalue weighted by Gasteiger charge is 2.14. The van der Waals surface area contributed by atoms with E-state index in [0.29, 0.717) is 36.4 Å². The van der Waals surface area contributed by atoms with Crippen molar-refractivity contribution in [3.63, 3.8) is 0 Å². The van der Waals surface area contributed by atoms with Gasteiger partial charge < -0.3 is 15.2 Å². The van der Waals surface area contributed by atoms with Crippen LogP contribution < -0.4 is 10.1 Å². The van der Waals surface area contributed by atoms with E-state index in [1.165, 1.54) is 18.2 Å². The van der Waals surface area contributed by atoms with Crippen molar-refractivity contribution in [2.75, 3.05) is 11.9 Å². The largest absolute Gasteiger partial charge is 0.493 e. The van der Waals surface area contributed by atoms with Crippen LogP contribution in [0.3, 0.4) is 0 Å². The lowest BCUT2D eigenvalue weighted by Crippen LogP contribution is -2.15. The molecular formula is C19H19FN2O3. The van der Waals surface area contributed by atoms with Gasteiger partial charge in [0.15, 0.2) is 0 Å². The summed E-state index contributed by atoms with van der Waals surface area (Å²) in [5.74, 6) is -0.266. The Kier molecular flexibility index (Phi) is 6.93. The van der Waals surface area contributed by atoms with Crippen molar-refractivity contribution in [2.24, 2.45) is 0 Å². The van der Waals surface area contributed by atoms with Crippen molar-refractivity contribution in [1.29, 1.82) is 5.26 Å². The second-order valence-electron chi connectivity index (χ2n) is 5.46. The number of aliphatic hydroxyl groups is 1. The van der Waals surface area contributed by atoms with Gasteiger partial charge in [0.2, 0.25) is 5.91 Å². The van der Waals surface area contributed by atoms with E-state index in [1.54, 1.807) is 30.3 Å². The molecule has 0 saturated carbocycles. The number of carbonyl (C=O) groups is 1. The Labute approximate surface area is 145 Å². The summed E-state index contributed by atoms with van der Waals surface area (Å²) in [7, 11) is 0. The lowest BCUT2D eigenvalue weighted by Gasteiger charge is -2.12. The molecular weight excluding hydrogens is 323 g/mol. The summed E-state index contributed by atoms with van der Waals surface area (Å²) in [6.45, 7) is 0.420. The molecule has 0 saturated heterocycles. The molecule has 0 spiro atoms. The number of benzene rings is 2. The van der Waals surface area contributed by atoms with Gasteiger partial charge in [0.25, 0.3) is 0 Å². The third-order valence-corrected chi connectivity index (χ3v) is 3.43. The van der Waals surface area contributed by atoms with E-state index in [-0.39, 0.29) is 6.42 Å². The Morgan fingerprint density at radius 1 is 1.28 bits per heavy atom. The van der Waals surface area contributed by atoms with Crippen LogP contribution in [0, 0.1) is 17.1 Å². The average Bonchev–Trinajstić information content (AvgIpc) is 2.59. The molecule has 2 rings (SSSR count). The van der Waals surface area contributed by atoms with Crippen LogP contribution in [0.4, 0.5) is 10.1 Å². The summed E-state index contributed by atoms with van der Waals surface area (Å²) in [6.07, 6.45) is -0.209. The standard InChI is InChI=1S/C19H19FN2O3/c20-15-6-3-5-14(11-15)18(23)13-19(24)22-16-7-4-8-17(12-16)25-10-2-1-9-21/h3-8,11-12,18,23H,1-2,10,13H2,(H,22,24). The molecule has 0 fully saturated rings. The van der Waals surface area contributed by atoms with Crippen LogP contribution in [-0.2, 0) is 4.79 Å². The van der Waals surface area contributed by atoms with Crippen LogP contribution >= 0.6 is 0 Å². The van der Waals surface area contributed by atoms with E-state index in [4.69, 9.17) is 10.00 Å². The second kappa shape index (κ2) is 9.40. The molecule has 2 N–H and O–H groups in total. The van der Waals surface area contributed by atoms with Crippen molar-refractivity contribution in [1.82, 2.24) is 0 Å². The number of hydrogen-bond acceptors (Lipinski definition) is 4. The molecule has 1 amide bonds. The number of anilines is 1. The molecule has 25 heavy (non-hydrogen) atoms. The molecule has 1 unspecified atom stereocenters. The molecule has 0 aliphatic carbocycles. The van der Waals surface area contributed by atoms with Crippen molar-refractivity contribution in [2.45, 2.75) is 25.4 Å². The fraction of sp³-hybridized carbons (Fsp3) is 0.263. The zero-order valence-corrected chi connectivity index (χ0v) is 13.6. The molecule has 5 nitrogen and oxygen atoms in total. The highest BCUT2D eigenvalue weighted by Crippen LogP contribution is 2.21. The minimum Gasteiger partial charge on any atom is -0.493 e. The van der Waals surface area contributed by atoms with E-state index in [2.05, 4.69) is 5.32 Å². The van der Waals surface area contributed by atoms with Crippen LogP contribution in [0.5, 0.6) is 5.75 Å². The predicted molar refractivity (Wildman–Crippen MR) is 91.4 cm³/mol. The van der Waals surface area contributed by atoms with E-state index in [1.807, 2.05) is 6.07 Å². The first-order valence-electron chi connectivity index (χ1n) is 7.91. The highest BCUT2D eigenvalue weighted by atomic mass is 19.1. The molecule has 0 heterocycles. The maximum Gasteiger partial charge on any atom is 0.227 e. The summed E-state index contributed by atoms with van der Waals surface area (Å²) < 4.78 is 18.7. The van der Waals surface area contributed by atoms with Crippen LogP contribution in [-0.4, -0.2) is 17.6 Å². The Bertz CT molecular complexity index is 758. The average molecular weight is 342 g/mol. The number of nitriles is 1. The number of nitrogens with zero attached hydrogens (tertiary/aromatic N) is 1. The van der Waals surface area contributed by atoms with E-state index in [9.17, 15) is 14.3 Å². The van der Waals surface area contributed by atoms with Crippen LogP contribution in [0.1, 0.15) is 30.9 Å². The van der Waals surface area contributed by atoms with Gasteiger partial charge >= 0.3 is 0 Å². The minimum absolute atomic E-state index is 0.184. The Morgan fingerprint density at radius 3 is 2.84 bits per heavy atom. The van der Waals surface area contributed by atoms with Gasteiger partial charge in [0.05, 0.1) is 25.2 Å². The number of carbonyl (C=O) groups excluding carboxylic acids is 1. The normalized spacial score (nSPS) is 11.4. The maximum absolute atomic E-state index is 13.2. The number of unbranched alkanes of at least 4 members (excludes halogenated alkanes) is 1. The van der Waals surface area contributed by atoms with Crippen LogP contribution in [0.25, 0.3) is 0 Å². The minimum atomic E-state index is -1.08. The number of aliphatic hydroxyl groups excluding tert-OH is 1. The Hall–Kier alpha value is -2.91. The highest BCUT2D eigenvalue weighted by molar-refractivity contribution is 5.91. The topological polar surface area (TPSA) is 82.3 Å². The first-order chi connectivity index (χ1) is 12.1. The number of ether oxygens (including phenoxy) is 1. The molecule has 0 bridgehead atoms. The number of rotatable bonds is 8. The molecule has 2 aromatic rings. The molecule has 0 aliphatic rings. The number of amides is 1. The predicted octanol–water partition coefficient (Wildman–Crippen LogP) is 3.57. The summed E-state index contributed by atoms with van der Waals surface area (Å²) in [4.78, 5) is 12.0. The second-order valence-corrected chi connectivity index (χ2v) is 5.46. The SMILES string of the molecule is N#CCCCOc1cccc(NC(=O)CC(O)c2cccc(F)c2)c1. The van der Waals surface area contributed by atoms with Gasteiger partial charge in [-0.15, -0.1) is 0 Å². The number of nitrogens with one attached hydrogen (secondary N) is 1. The van der Waals surface area contributed by atoms with Gasteiger partial charge in [-0.05, 0) is 36.2 Å². The van der Waals surface area contributed by atoms with Gasteiger partial charge in [0.1, 0.15) is 11.6 Å². The molecule has 1 atom stereocenters. The number of halogens is 1. The molecule has 2 aromatic carbocycles. The van der Waals surface area contributed by atoms with Gasteiger partial charge in [-0.3, -0.25) is 4.79 Å². The van der Waals surface area contributed by atoms with Crippen molar-refractivity contribution >= 4 is 11.6 Å². The molecule has 0 aliphatic heterocycles. The first kappa shape index (κ1) is 18.4. The van der Waals surface area contributed by atoms with Gasteiger partial charge in [-0.25, -0.2) is 4.39 Å². The van der Waals surface area contributed by atoms with Crippen LogP contribution in [0.15, 0.2) is 48.5 Å². The Balaban J connectivity index is 1.88. The van der Waals surface area contributed by atoms with Crippen LogP contribution in [0.2, 0.25) is 0 Å². The summed E-state index contributed by atoms with van der Waals surface area (Å²) >= 11 is 0. The zero-order chi connectivity index (χ0) is 18.1.